The zero-order chi connectivity index (χ0) is 9.73. The minimum atomic E-state index is -3.98. The third-order valence-corrected chi connectivity index (χ3v) is 2.23. The fourth-order valence-electron chi connectivity index (χ4n) is 1.53. The second kappa shape index (κ2) is 4.84. The average Bonchev–Trinajstić information content (AvgIpc) is 2.04. The molecule has 0 saturated carbocycles. The van der Waals surface area contributed by atoms with Crippen LogP contribution in [0.1, 0.15) is 25.7 Å². The molecule has 0 spiro atoms. The van der Waals surface area contributed by atoms with E-state index in [9.17, 15) is 13.2 Å². The lowest BCUT2D eigenvalue weighted by atomic mass is 10.1. The topological polar surface area (TPSA) is 3.24 Å². The normalized spacial score (nSPS) is 20.5. The Morgan fingerprint density at radius 3 is 2.31 bits per heavy atom. The summed E-state index contributed by atoms with van der Waals surface area (Å²) >= 11 is 0. The van der Waals surface area contributed by atoms with Crippen molar-refractivity contribution in [2.24, 2.45) is 0 Å². The zero-order valence-corrected chi connectivity index (χ0v) is 7.61. The highest BCUT2D eigenvalue weighted by Gasteiger charge is 2.26. The lowest BCUT2D eigenvalue weighted by Gasteiger charge is -2.26. The van der Waals surface area contributed by atoms with Gasteiger partial charge in [0.25, 0.3) is 0 Å². The minimum absolute atomic E-state index is 0.240. The van der Waals surface area contributed by atoms with Crippen molar-refractivity contribution in [1.82, 2.24) is 4.90 Å². The Hall–Kier alpha value is -0.250. The van der Waals surface area contributed by atoms with E-state index >= 15 is 0 Å². The smallest absolute Gasteiger partial charge is 0.303 e. The molecule has 0 bridgehead atoms. The van der Waals surface area contributed by atoms with E-state index in [1.165, 1.54) is 0 Å². The Morgan fingerprint density at radius 2 is 1.77 bits per heavy atom. The average molecular weight is 194 g/mol. The van der Waals surface area contributed by atoms with Crippen LogP contribution in [-0.2, 0) is 0 Å². The molecule has 1 radical (unpaired) electrons. The summed E-state index contributed by atoms with van der Waals surface area (Å²) in [6.07, 6.45) is -0.156. The number of nitrogens with zero attached hydrogens (tertiary/aromatic N) is 1. The first-order valence-electron chi connectivity index (χ1n) is 4.69. The van der Waals surface area contributed by atoms with E-state index in [0.717, 1.165) is 25.9 Å². The highest BCUT2D eigenvalue weighted by Crippen LogP contribution is 2.21. The summed E-state index contributed by atoms with van der Waals surface area (Å²) in [5, 5.41) is 0. The molecule has 0 atom stereocenters. The number of rotatable bonds is 3. The van der Waals surface area contributed by atoms with E-state index < -0.39 is 12.6 Å². The van der Waals surface area contributed by atoms with Crippen molar-refractivity contribution < 1.29 is 13.2 Å². The van der Waals surface area contributed by atoms with Gasteiger partial charge in [-0.3, -0.25) is 0 Å². The second-order valence-corrected chi connectivity index (χ2v) is 3.43. The summed E-state index contributed by atoms with van der Waals surface area (Å²) in [4.78, 5) is 2.10. The van der Waals surface area contributed by atoms with Crippen LogP contribution in [-0.4, -0.2) is 30.7 Å². The van der Waals surface area contributed by atoms with Gasteiger partial charge in [-0.2, -0.15) is 13.2 Å². The minimum Gasteiger partial charge on any atom is -0.303 e. The molecule has 1 aliphatic heterocycles. The van der Waals surface area contributed by atoms with Crippen LogP contribution in [0.3, 0.4) is 0 Å². The lowest BCUT2D eigenvalue weighted by Crippen LogP contribution is -2.31. The van der Waals surface area contributed by atoms with Crippen molar-refractivity contribution in [1.29, 1.82) is 0 Å². The summed E-state index contributed by atoms with van der Waals surface area (Å²) in [6.45, 7) is 2.45. The molecule has 1 nitrogen and oxygen atoms in total. The van der Waals surface area contributed by atoms with Crippen molar-refractivity contribution in [2.45, 2.75) is 31.9 Å². The van der Waals surface area contributed by atoms with Crippen LogP contribution in [0.5, 0.6) is 0 Å². The Kier molecular flexibility index (Phi) is 4.03. The molecule has 0 amide bonds. The summed E-state index contributed by atoms with van der Waals surface area (Å²) in [7, 11) is 0. The number of alkyl halides is 3. The molecule has 0 aromatic heterocycles. The molecule has 0 aromatic carbocycles. The predicted octanol–water partition coefficient (Wildman–Crippen LogP) is 2.63. The van der Waals surface area contributed by atoms with E-state index in [4.69, 9.17) is 0 Å². The van der Waals surface area contributed by atoms with Gasteiger partial charge in [-0.1, -0.05) is 0 Å². The van der Waals surface area contributed by atoms with E-state index in [1.54, 1.807) is 0 Å². The fourth-order valence-corrected chi connectivity index (χ4v) is 1.53. The van der Waals surface area contributed by atoms with Gasteiger partial charge in [0.1, 0.15) is 0 Å². The van der Waals surface area contributed by atoms with Gasteiger partial charge in [-0.15, -0.1) is 0 Å². The lowest BCUT2D eigenvalue weighted by molar-refractivity contribution is -0.136. The van der Waals surface area contributed by atoms with Crippen LogP contribution < -0.4 is 0 Å². The summed E-state index contributed by atoms with van der Waals surface area (Å²) < 4.78 is 35.4. The molecule has 1 saturated heterocycles. The molecule has 77 valence electrons. The van der Waals surface area contributed by atoms with Crippen LogP contribution in [0, 0.1) is 6.42 Å². The predicted molar refractivity (Wildman–Crippen MR) is 45.3 cm³/mol. The van der Waals surface area contributed by atoms with Crippen molar-refractivity contribution in [3.05, 3.63) is 6.42 Å². The van der Waals surface area contributed by atoms with Gasteiger partial charge >= 0.3 is 6.18 Å². The van der Waals surface area contributed by atoms with Crippen molar-refractivity contribution in [3.8, 4) is 0 Å². The molecule has 0 N–H and O–H groups in total. The standard InChI is InChI=1S/C9H15F3N/c10-9(11,12)5-4-8-13-6-2-1-3-7-13/h1H,2-8H2. The van der Waals surface area contributed by atoms with Crippen molar-refractivity contribution in [3.63, 3.8) is 0 Å². The van der Waals surface area contributed by atoms with Gasteiger partial charge < -0.3 is 4.90 Å². The molecule has 4 heteroatoms. The molecule has 1 rings (SSSR count). The van der Waals surface area contributed by atoms with Crippen LogP contribution in [0.15, 0.2) is 0 Å². The zero-order valence-electron chi connectivity index (χ0n) is 7.61. The second-order valence-electron chi connectivity index (χ2n) is 3.43. The molecular weight excluding hydrogens is 179 g/mol. The quantitative estimate of drug-likeness (QED) is 0.667. The molecule has 0 aliphatic carbocycles. The van der Waals surface area contributed by atoms with Crippen LogP contribution in [0.4, 0.5) is 13.2 Å². The first-order chi connectivity index (χ1) is 6.08. The molecule has 1 aliphatic rings. The van der Waals surface area contributed by atoms with Crippen LogP contribution >= 0.6 is 0 Å². The van der Waals surface area contributed by atoms with Gasteiger partial charge in [-0.05, 0) is 45.3 Å². The van der Waals surface area contributed by atoms with Gasteiger partial charge in [-0.25, -0.2) is 0 Å². The SMILES string of the molecule is FC(F)(F)CCCN1CC[CH]CC1. The van der Waals surface area contributed by atoms with Gasteiger partial charge in [0.15, 0.2) is 0 Å². The maximum Gasteiger partial charge on any atom is 0.389 e. The first kappa shape index (κ1) is 10.8. The highest BCUT2D eigenvalue weighted by molar-refractivity contribution is 4.76. The van der Waals surface area contributed by atoms with E-state index in [0.29, 0.717) is 6.54 Å². The number of halogens is 3. The summed E-state index contributed by atoms with van der Waals surface area (Å²) in [5.74, 6) is 0. The fraction of sp³-hybridized carbons (Fsp3) is 0.889. The van der Waals surface area contributed by atoms with Crippen molar-refractivity contribution in [2.75, 3.05) is 19.6 Å². The van der Waals surface area contributed by atoms with Crippen molar-refractivity contribution >= 4 is 0 Å². The number of piperidine rings is 1. The van der Waals surface area contributed by atoms with Gasteiger partial charge in [0.2, 0.25) is 0 Å². The monoisotopic (exact) mass is 194 g/mol. The van der Waals surface area contributed by atoms with Crippen LogP contribution in [0.2, 0.25) is 0 Å². The number of hydrogen-bond acceptors (Lipinski definition) is 1. The third-order valence-electron chi connectivity index (χ3n) is 2.23. The van der Waals surface area contributed by atoms with E-state index in [1.807, 2.05) is 0 Å². The highest BCUT2D eigenvalue weighted by atomic mass is 19.4. The van der Waals surface area contributed by atoms with Crippen LogP contribution in [0.25, 0.3) is 0 Å². The number of likely N-dealkylation sites (tertiary alicyclic amines) is 1. The van der Waals surface area contributed by atoms with E-state index in [2.05, 4.69) is 11.3 Å². The molecular formula is C9H15F3N. The van der Waals surface area contributed by atoms with E-state index in [-0.39, 0.29) is 6.42 Å². The third kappa shape index (κ3) is 5.13. The molecule has 13 heavy (non-hydrogen) atoms. The maximum atomic E-state index is 11.8. The first-order valence-corrected chi connectivity index (χ1v) is 4.69. The molecule has 1 fully saturated rings. The Bertz CT molecular complexity index is 138. The Balaban J connectivity index is 2.04. The number of hydrogen-bond donors (Lipinski definition) is 0. The molecule has 1 heterocycles. The Morgan fingerprint density at radius 1 is 1.15 bits per heavy atom. The van der Waals surface area contributed by atoms with Gasteiger partial charge in [0, 0.05) is 6.42 Å². The molecule has 0 unspecified atom stereocenters. The molecule has 0 aromatic rings. The summed E-state index contributed by atoms with van der Waals surface area (Å²) in [5.41, 5.74) is 0. The van der Waals surface area contributed by atoms with Gasteiger partial charge in [0.05, 0.1) is 0 Å². The largest absolute Gasteiger partial charge is 0.389 e. The summed E-state index contributed by atoms with van der Waals surface area (Å²) in [6, 6.07) is 0. The Labute approximate surface area is 76.9 Å². The maximum absolute atomic E-state index is 11.8.